The molecule has 0 aliphatic rings. The quantitative estimate of drug-likeness (QED) is 0.532. The molecule has 0 aromatic carbocycles. The molecule has 0 amide bonds. The zero-order valence-corrected chi connectivity index (χ0v) is 5.00. The smallest absolute Gasteiger partial charge is 0.388 e. The van der Waals surface area contributed by atoms with Gasteiger partial charge in [0.2, 0.25) is 5.89 Å². The van der Waals surface area contributed by atoms with E-state index < -0.39 is 5.76 Å². The van der Waals surface area contributed by atoms with Crippen molar-refractivity contribution in [3.63, 3.8) is 0 Å². The first kappa shape index (κ1) is 5.81. The molecule has 1 aromatic rings. The van der Waals surface area contributed by atoms with E-state index in [1.165, 1.54) is 13.1 Å². The van der Waals surface area contributed by atoms with E-state index >= 15 is 0 Å². The molecule has 0 fully saturated rings. The normalized spacial score (nSPS) is 9.44. The molecule has 0 bridgehead atoms. The van der Waals surface area contributed by atoms with Gasteiger partial charge in [0.05, 0.1) is 0 Å². The highest BCUT2D eigenvalue weighted by molar-refractivity contribution is 5.31. The topological polar surface area (TPSA) is 48.0 Å². The van der Waals surface area contributed by atoms with E-state index in [2.05, 4.69) is 16.1 Å². The van der Waals surface area contributed by atoms with Crippen LogP contribution in [0.25, 0.3) is 6.08 Å². The zero-order valence-electron chi connectivity index (χ0n) is 5.00. The number of aryl methyl sites for hydroxylation is 1. The minimum absolute atomic E-state index is 0.252. The average Bonchev–Trinajstić information content (AvgIpc) is 2.13. The van der Waals surface area contributed by atoms with Gasteiger partial charge in [-0.25, -0.2) is 4.79 Å². The van der Waals surface area contributed by atoms with Gasteiger partial charge in [-0.15, -0.1) is 5.10 Å². The van der Waals surface area contributed by atoms with Gasteiger partial charge in [-0.05, 0) is 6.08 Å². The predicted molar refractivity (Wildman–Crippen MR) is 31.8 cm³/mol. The minimum Gasteiger partial charge on any atom is -0.388 e. The fourth-order valence-electron chi connectivity index (χ4n) is 0.447. The second kappa shape index (κ2) is 1.89. The van der Waals surface area contributed by atoms with Gasteiger partial charge in [0.15, 0.2) is 0 Å². The van der Waals surface area contributed by atoms with Crippen LogP contribution < -0.4 is 5.76 Å². The van der Waals surface area contributed by atoms with Gasteiger partial charge in [0.25, 0.3) is 0 Å². The highest BCUT2D eigenvalue weighted by Crippen LogP contribution is 1.87. The highest BCUT2D eigenvalue weighted by atomic mass is 16.4. The zero-order chi connectivity index (χ0) is 6.85. The molecule has 0 radical (unpaired) electrons. The standard InChI is InChI=1S/C5H6N2O2/c1-3-4-6-7(2)5(8)9-4/h3H,1H2,2H3. The second-order valence-electron chi connectivity index (χ2n) is 1.53. The van der Waals surface area contributed by atoms with Crippen molar-refractivity contribution in [2.24, 2.45) is 7.05 Å². The maximum absolute atomic E-state index is 10.5. The summed E-state index contributed by atoms with van der Waals surface area (Å²) in [4.78, 5) is 10.5. The molecule has 0 aliphatic carbocycles. The van der Waals surface area contributed by atoms with Crippen molar-refractivity contribution < 1.29 is 4.42 Å². The minimum atomic E-state index is -0.468. The average molecular weight is 126 g/mol. The Labute approximate surface area is 51.4 Å². The number of nitrogens with zero attached hydrogens (tertiary/aromatic N) is 2. The molecule has 9 heavy (non-hydrogen) atoms. The van der Waals surface area contributed by atoms with Gasteiger partial charge in [-0.1, -0.05) is 6.58 Å². The summed E-state index contributed by atoms with van der Waals surface area (Å²) in [5.74, 6) is -0.215. The van der Waals surface area contributed by atoms with Gasteiger partial charge in [-0.3, -0.25) is 0 Å². The Morgan fingerprint density at radius 2 is 2.56 bits per heavy atom. The van der Waals surface area contributed by atoms with Crippen LogP contribution in [-0.4, -0.2) is 9.78 Å². The highest BCUT2D eigenvalue weighted by Gasteiger charge is 1.96. The Morgan fingerprint density at radius 3 is 2.78 bits per heavy atom. The summed E-state index contributed by atoms with van der Waals surface area (Å²) in [5.41, 5.74) is 0. The molecule has 1 aromatic heterocycles. The van der Waals surface area contributed by atoms with E-state index in [0.717, 1.165) is 4.68 Å². The summed E-state index contributed by atoms with van der Waals surface area (Å²) in [6.45, 7) is 3.38. The van der Waals surface area contributed by atoms with Crippen LogP contribution in [0.4, 0.5) is 0 Å². The molecule has 0 saturated heterocycles. The fraction of sp³-hybridized carbons (Fsp3) is 0.200. The van der Waals surface area contributed by atoms with Crippen molar-refractivity contribution in [2.75, 3.05) is 0 Å². The van der Waals surface area contributed by atoms with Crippen LogP contribution >= 0.6 is 0 Å². The molecule has 1 rings (SSSR count). The summed E-state index contributed by atoms with van der Waals surface area (Å²) < 4.78 is 5.65. The lowest BCUT2D eigenvalue weighted by Crippen LogP contribution is -2.09. The van der Waals surface area contributed by atoms with Crippen molar-refractivity contribution in [3.05, 3.63) is 23.0 Å². The van der Waals surface area contributed by atoms with Crippen molar-refractivity contribution >= 4 is 6.08 Å². The SMILES string of the molecule is C=Cc1nn(C)c(=O)o1. The van der Waals surface area contributed by atoms with Crippen LogP contribution in [0.3, 0.4) is 0 Å². The molecule has 0 N–H and O–H groups in total. The van der Waals surface area contributed by atoms with Gasteiger partial charge in [-0.2, -0.15) is 4.68 Å². The summed E-state index contributed by atoms with van der Waals surface area (Å²) in [6.07, 6.45) is 1.38. The van der Waals surface area contributed by atoms with Crippen LogP contribution in [0.5, 0.6) is 0 Å². The van der Waals surface area contributed by atoms with E-state index in [0.29, 0.717) is 0 Å². The van der Waals surface area contributed by atoms with Gasteiger partial charge in [0, 0.05) is 7.05 Å². The maximum atomic E-state index is 10.5. The maximum Gasteiger partial charge on any atom is 0.437 e. The van der Waals surface area contributed by atoms with Crippen molar-refractivity contribution in [1.29, 1.82) is 0 Å². The molecule has 1 heterocycles. The molecule has 0 aliphatic heterocycles. The lowest BCUT2D eigenvalue weighted by molar-refractivity contribution is 0.488. The molecular formula is C5H6N2O2. The molecule has 0 spiro atoms. The third-order valence-electron chi connectivity index (χ3n) is 0.879. The van der Waals surface area contributed by atoms with Crippen LogP contribution in [0, 0.1) is 0 Å². The Balaban J connectivity index is 3.28. The summed E-state index contributed by atoms with van der Waals surface area (Å²) >= 11 is 0. The van der Waals surface area contributed by atoms with Gasteiger partial charge in [0.1, 0.15) is 0 Å². The molecule has 0 unspecified atom stereocenters. The van der Waals surface area contributed by atoms with Crippen LogP contribution in [0.15, 0.2) is 15.8 Å². The number of hydrogen-bond donors (Lipinski definition) is 0. The molecule has 0 atom stereocenters. The van der Waals surface area contributed by atoms with E-state index in [9.17, 15) is 4.79 Å². The lowest BCUT2D eigenvalue weighted by Gasteiger charge is -1.74. The summed E-state index contributed by atoms with van der Waals surface area (Å²) in [6, 6.07) is 0. The van der Waals surface area contributed by atoms with Crippen LogP contribution in [-0.2, 0) is 7.05 Å². The van der Waals surface area contributed by atoms with Gasteiger partial charge >= 0.3 is 5.76 Å². The summed E-state index contributed by atoms with van der Waals surface area (Å²) in [7, 11) is 1.51. The Bertz CT molecular complexity index is 271. The lowest BCUT2D eigenvalue weighted by atomic mass is 10.7. The molecule has 4 heteroatoms. The number of hydrogen-bond acceptors (Lipinski definition) is 3. The van der Waals surface area contributed by atoms with Crippen molar-refractivity contribution in [2.45, 2.75) is 0 Å². The molecule has 0 saturated carbocycles. The third-order valence-corrected chi connectivity index (χ3v) is 0.879. The number of rotatable bonds is 1. The second-order valence-corrected chi connectivity index (χ2v) is 1.53. The Hall–Kier alpha value is -1.32. The molecule has 4 nitrogen and oxygen atoms in total. The van der Waals surface area contributed by atoms with E-state index in [4.69, 9.17) is 0 Å². The Morgan fingerprint density at radius 1 is 1.89 bits per heavy atom. The first-order valence-electron chi connectivity index (χ1n) is 2.40. The van der Waals surface area contributed by atoms with Gasteiger partial charge < -0.3 is 4.42 Å². The third kappa shape index (κ3) is 0.910. The van der Waals surface area contributed by atoms with E-state index in [-0.39, 0.29) is 5.89 Å². The first-order chi connectivity index (χ1) is 4.24. The molecule has 48 valence electrons. The van der Waals surface area contributed by atoms with Crippen molar-refractivity contribution in [1.82, 2.24) is 9.78 Å². The first-order valence-corrected chi connectivity index (χ1v) is 2.40. The monoisotopic (exact) mass is 126 g/mol. The van der Waals surface area contributed by atoms with Crippen LogP contribution in [0.2, 0.25) is 0 Å². The van der Waals surface area contributed by atoms with E-state index in [1.807, 2.05) is 0 Å². The Kier molecular flexibility index (Phi) is 1.22. The largest absolute Gasteiger partial charge is 0.437 e. The number of aromatic nitrogens is 2. The van der Waals surface area contributed by atoms with E-state index in [1.54, 1.807) is 0 Å². The summed E-state index contributed by atoms with van der Waals surface area (Å²) in [5, 5.41) is 3.65. The predicted octanol–water partition coefficient (Wildman–Crippen LogP) is 0.0163. The van der Waals surface area contributed by atoms with Crippen LogP contribution in [0.1, 0.15) is 5.89 Å². The van der Waals surface area contributed by atoms with Crippen molar-refractivity contribution in [3.8, 4) is 0 Å². The molecular weight excluding hydrogens is 120 g/mol. The fourth-order valence-corrected chi connectivity index (χ4v) is 0.447.